The number of hydrogen-bond acceptors (Lipinski definition) is 4. The van der Waals surface area contributed by atoms with Gasteiger partial charge in [0.05, 0.1) is 13.0 Å². The minimum atomic E-state index is 0.160. The fraction of sp³-hybridized carbons (Fsp3) is 0.467. The summed E-state index contributed by atoms with van der Waals surface area (Å²) in [5, 5.41) is 11.5. The first-order valence-electron chi connectivity index (χ1n) is 7.11. The van der Waals surface area contributed by atoms with Crippen LogP contribution in [0.1, 0.15) is 11.1 Å². The number of aryl methyl sites for hydroxylation is 1. The molecule has 1 fully saturated rings. The van der Waals surface area contributed by atoms with E-state index in [1.54, 1.807) is 0 Å². The summed E-state index contributed by atoms with van der Waals surface area (Å²) in [7, 11) is 0. The predicted octanol–water partition coefficient (Wildman–Crippen LogP) is 0.428. The van der Waals surface area contributed by atoms with Crippen molar-refractivity contribution in [2.75, 3.05) is 32.7 Å². The molecule has 1 aliphatic heterocycles. The zero-order valence-electron chi connectivity index (χ0n) is 12.3. The molecule has 0 aromatic heterocycles. The first-order chi connectivity index (χ1) is 10.1. The number of piperazine rings is 1. The lowest BCUT2D eigenvalue weighted by Crippen LogP contribution is -2.51. The molecule has 0 saturated carbocycles. The summed E-state index contributed by atoms with van der Waals surface area (Å²) in [6, 6.07) is 7.97. The van der Waals surface area contributed by atoms with Gasteiger partial charge in [-0.2, -0.15) is 0 Å². The van der Waals surface area contributed by atoms with Crippen molar-refractivity contribution in [3.63, 3.8) is 0 Å². The monoisotopic (exact) mass is 290 g/mol. The Bertz CT molecular complexity index is 522. The van der Waals surface area contributed by atoms with E-state index in [0.717, 1.165) is 24.2 Å². The number of rotatable bonds is 4. The van der Waals surface area contributed by atoms with Gasteiger partial charge in [0.1, 0.15) is 0 Å². The molecule has 0 spiro atoms. The molecule has 0 aliphatic carbocycles. The van der Waals surface area contributed by atoms with Crippen LogP contribution in [0.25, 0.3) is 0 Å². The summed E-state index contributed by atoms with van der Waals surface area (Å²) in [6.45, 7) is 5.33. The molecule has 6 heteroatoms. The van der Waals surface area contributed by atoms with Crippen molar-refractivity contribution >= 4 is 11.7 Å². The van der Waals surface area contributed by atoms with Crippen molar-refractivity contribution in [2.45, 2.75) is 13.3 Å². The minimum absolute atomic E-state index is 0.160. The van der Waals surface area contributed by atoms with Crippen LogP contribution in [-0.2, 0) is 11.2 Å². The molecular formula is C15H22N4O2. The molecule has 21 heavy (non-hydrogen) atoms. The van der Waals surface area contributed by atoms with Gasteiger partial charge in [-0.05, 0) is 18.1 Å². The summed E-state index contributed by atoms with van der Waals surface area (Å²) in [5.41, 5.74) is 7.73. The lowest BCUT2D eigenvalue weighted by atomic mass is 10.1. The highest BCUT2D eigenvalue weighted by Gasteiger charge is 2.21. The summed E-state index contributed by atoms with van der Waals surface area (Å²) in [5.74, 6) is 0.363. The zero-order chi connectivity index (χ0) is 15.2. The standard InChI is InChI=1S/C15H22N4O2/c1-12-4-2-3-5-13(12)10-15(20)19-8-6-18(7-9-19)11-14(16)17-21/h2-5,21H,6-11H2,1H3,(H2,16,17). The van der Waals surface area contributed by atoms with Crippen LogP contribution in [-0.4, -0.2) is 59.5 Å². The molecule has 2 rings (SSSR count). The smallest absolute Gasteiger partial charge is 0.227 e. The Kier molecular flexibility index (Phi) is 5.16. The van der Waals surface area contributed by atoms with E-state index >= 15 is 0 Å². The minimum Gasteiger partial charge on any atom is -0.409 e. The van der Waals surface area contributed by atoms with Gasteiger partial charge in [-0.1, -0.05) is 29.4 Å². The molecule has 1 saturated heterocycles. The molecular weight excluding hydrogens is 268 g/mol. The van der Waals surface area contributed by atoms with E-state index in [0.29, 0.717) is 26.1 Å². The maximum Gasteiger partial charge on any atom is 0.227 e. The lowest BCUT2D eigenvalue weighted by Gasteiger charge is -2.34. The molecule has 0 unspecified atom stereocenters. The number of benzene rings is 1. The first kappa shape index (κ1) is 15.3. The van der Waals surface area contributed by atoms with Crippen molar-refractivity contribution in [1.29, 1.82) is 0 Å². The highest BCUT2D eigenvalue weighted by Crippen LogP contribution is 2.11. The fourth-order valence-corrected chi connectivity index (χ4v) is 2.50. The Labute approximate surface area is 124 Å². The molecule has 6 nitrogen and oxygen atoms in total. The van der Waals surface area contributed by atoms with Gasteiger partial charge in [0.25, 0.3) is 0 Å². The molecule has 1 aromatic carbocycles. The van der Waals surface area contributed by atoms with E-state index in [-0.39, 0.29) is 11.7 Å². The van der Waals surface area contributed by atoms with Crippen LogP contribution in [0.4, 0.5) is 0 Å². The summed E-state index contributed by atoms with van der Waals surface area (Å²) in [4.78, 5) is 16.3. The van der Waals surface area contributed by atoms with Crippen molar-refractivity contribution < 1.29 is 10.0 Å². The Hall–Kier alpha value is -2.08. The zero-order valence-corrected chi connectivity index (χ0v) is 12.3. The molecule has 1 heterocycles. The van der Waals surface area contributed by atoms with Gasteiger partial charge in [-0.25, -0.2) is 0 Å². The Morgan fingerprint density at radius 1 is 1.29 bits per heavy atom. The topological polar surface area (TPSA) is 82.2 Å². The molecule has 1 aromatic rings. The van der Waals surface area contributed by atoms with Crippen LogP contribution >= 0.6 is 0 Å². The van der Waals surface area contributed by atoms with E-state index in [1.165, 1.54) is 0 Å². The van der Waals surface area contributed by atoms with E-state index in [2.05, 4.69) is 10.1 Å². The largest absolute Gasteiger partial charge is 0.409 e. The molecule has 0 atom stereocenters. The van der Waals surface area contributed by atoms with E-state index < -0.39 is 0 Å². The van der Waals surface area contributed by atoms with E-state index in [4.69, 9.17) is 10.9 Å². The Morgan fingerprint density at radius 2 is 1.95 bits per heavy atom. The maximum absolute atomic E-state index is 12.3. The van der Waals surface area contributed by atoms with E-state index in [9.17, 15) is 4.79 Å². The number of amidine groups is 1. The molecule has 0 bridgehead atoms. The summed E-state index contributed by atoms with van der Waals surface area (Å²) < 4.78 is 0. The SMILES string of the molecule is Cc1ccccc1CC(=O)N1CCN(CC(N)=NO)CC1. The number of nitrogens with zero attached hydrogens (tertiary/aromatic N) is 3. The first-order valence-corrected chi connectivity index (χ1v) is 7.11. The average Bonchev–Trinajstić information content (AvgIpc) is 2.50. The molecule has 0 radical (unpaired) electrons. The molecule has 114 valence electrons. The second kappa shape index (κ2) is 7.08. The summed E-state index contributed by atoms with van der Waals surface area (Å²) >= 11 is 0. The second-order valence-corrected chi connectivity index (χ2v) is 5.35. The third-order valence-electron chi connectivity index (χ3n) is 3.84. The molecule has 1 amide bonds. The number of carbonyl (C=O) groups excluding carboxylic acids is 1. The van der Waals surface area contributed by atoms with Gasteiger partial charge in [0.15, 0.2) is 5.84 Å². The van der Waals surface area contributed by atoms with Crippen LogP contribution < -0.4 is 5.73 Å². The van der Waals surface area contributed by atoms with Crippen LogP contribution in [0.5, 0.6) is 0 Å². The fourth-order valence-electron chi connectivity index (χ4n) is 2.50. The Balaban J connectivity index is 1.85. The van der Waals surface area contributed by atoms with E-state index in [1.807, 2.05) is 36.1 Å². The van der Waals surface area contributed by atoms with Crippen molar-refractivity contribution in [3.8, 4) is 0 Å². The van der Waals surface area contributed by atoms with Crippen molar-refractivity contribution in [2.24, 2.45) is 10.9 Å². The van der Waals surface area contributed by atoms with Crippen molar-refractivity contribution in [1.82, 2.24) is 9.80 Å². The van der Waals surface area contributed by atoms with Crippen LogP contribution in [0, 0.1) is 6.92 Å². The maximum atomic E-state index is 12.3. The third kappa shape index (κ3) is 4.19. The number of oxime groups is 1. The van der Waals surface area contributed by atoms with Gasteiger partial charge < -0.3 is 15.8 Å². The number of carbonyl (C=O) groups is 1. The van der Waals surface area contributed by atoms with Gasteiger partial charge in [-0.15, -0.1) is 0 Å². The average molecular weight is 290 g/mol. The van der Waals surface area contributed by atoms with Gasteiger partial charge >= 0.3 is 0 Å². The third-order valence-corrected chi connectivity index (χ3v) is 3.84. The van der Waals surface area contributed by atoms with Gasteiger partial charge in [-0.3, -0.25) is 9.69 Å². The quantitative estimate of drug-likeness (QED) is 0.364. The number of amides is 1. The van der Waals surface area contributed by atoms with Crippen LogP contribution in [0.3, 0.4) is 0 Å². The van der Waals surface area contributed by atoms with Crippen molar-refractivity contribution in [3.05, 3.63) is 35.4 Å². The highest BCUT2D eigenvalue weighted by molar-refractivity contribution is 5.82. The number of nitrogens with two attached hydrogens (primary N) is 1. The Morgan fingerprint density at radius 3 is 2.57 bits per heavy atom. The molecule has 1 aliphatic rings. The molecule has 3 N–H and O–H groups in total. The predicted molar refractivity (Wildman–Crippen MR) is 81.3 cm³/mol. The highest BCUT2D eigenvalue weighted by atomic mass is 16.4. The van der Waals surface area contributed by atoms with Crippen LogP contribution in [0.15, 0.2) is 29.4 Å². The second-order valence-electron chi connectivity index (χ2n) is 5.35. The normalized spacial score (nSPS) is 17.0. The summed E-state index contributed by atoms with van der Waals surface area (Å²) in [6.07, 6.45) is 0.451. The van der Waals surface area contributed by atoms with Gasteiger partial charge in [0.2, 0.25) is 5.91 Å². The van der Waals surface area contributed by atoms with Crippen LogP contribution in [0.2, 0.25) is 0 Å². The lowest BCUT2D eigenvalue weighted by molar-refractivity contribution is -0.132. The van der Waals surface area contributed by atoms with Gasteiger partial charge in [0, 0.05) is 26.2 Å². The number of hydrogen-bond donors (Lipinski definition) is 2.